The number of carbonyl (C=O) groups excluding carboxylic acids is 1. The average Bonchev–Trinajstić information content (AvgIpc) is 2.69. The molecule has 0 spiro atoms. The lowest BCUT2D eigenvalue weighted by Gasteiger charge is -2.26. The van der Waals surface area contributed by atoms with Crippen LogP contribution in [-0.4, -0.2) is 24.0 Å². The quantitative estimate of drug-likeness (QED) is 0.532. The number of rotatable bonds is 7. The minimum atomic E-state index is -0.335. The van der Waals surface area contributed by atoms with Gasteiger partial charge in [0.15, 0.2) is 0 Å². The van der Waals surface area contributed by atoms with E-state index in [4.69, 9.17) is 16.3 Å². The van der Waals surface area contributed by atoms with E-state index in [2.05, 4.69) is 5.32 Å². The summed E-state index contributed by atoms with van der Waals surface area (Å²) in [6.45, 7) is 6.15. The number of carbonyl (C=O) groups is 1. The van der Waals surface area contributed by atoms with Gasteiger partial charge in [-0.1, -0.05) is 41.9 Å². The van der Waals surface area contributed by atoms with Crippen molar-refractivity contribution in [3.8, 4) is 11.8 Å². The second kappa shape index (κ2) is 9.82. The fourth-order valence-corrected chi connectivity index (χ4v) is 2.81. The van der Waals surface area contributed by atoms with E-state index in [9.17, 15) is 10.1 Å². The van der Waals surface area contributed by atoms with Crippen LogP contribution in [0, 0.1) is 18.3 Å². The molecule has 0 radical (unpaired) electrons. The Morgan fingerprint density at radius 2 is 2.00 bits per heavy atom. The van der Waals surface area contributed by atoms with Crippen molar-refractivity contribution >= 4 is 23.2 Å². The summed E-state index contributed by atoms with van der Waals surface area (Å²) in [6, 6.07) is 15.1. The largest absolute Gasteiger partial charge is 0.495 e. The normalized spacial score (nSPS) is 11.1. The van der Waals surface area contributed by atoms with Gasteiger partial charge >= 0.3 is 0 Å². The van der Waals surface area contributed by atoms with E-state index in [1.807, 2.05) is 57.2 Å². The molecule has 0 heterocycles. The molecule has 2 aromatic carbocycles. The van der Waals surface area contributed by atoms with Crippen LogP contribution in [0.4, 0.5) is 5.69 Å². The summed E-state index contributed by atoms with van der Waals surface area (Å²) in [5.41, 5.74) is 2.50. The molecule has 0 aliphatic carbocycles. The third kappa shape index (κ3) is 5.28. The van der Waals surface area contributed by atoms with Gasteiger partial charge in [0.2, 0.25) is 0 Å². The Labute approximate surface area is 171 Å². The van der Waals surface area contributed by atoms with Crippen LogP contribution in [-0.2, 0) is 11.3 Å². The number of nitrogens with zero attached hydrogens (tertiary/aromatic N) is 2. The Morgan fingerprint density at radius 1 is 1.32 bits per heavy atom. The van der Waals surface area contributed by atoms with E-state index in [-0.39, 0.29) is 17.5 Å². The molecule has 1 N–H and O–H groups in total. The monoisotopic (exact) mass is 397 g/mol. The summed E-state index contributed by atoms with van der Waals surface area (Å²) in [6.07, 6.45) is 1.41. The number of nitriles is 1. The topological polar surface area (TPSA) is 65.4 Å². The second-order valence-electron chi connectivity index (χ2n) is 6.63. The Hall–Kier alpha value is -2.97. The molecule has 146 valence electrons. The smallest absolute Gasteiger partial charge is 0.266 e. The van der Waals surface area contributed by atoms with E-state index in [1.165, 1.54) is 13.3 Å². The van der Waals surface area contributed by atoms with Gasteiger partial charge in [0.1, 0.15) is 17.4 Å². The lowest BCUT2D eigenvalue weighted by molar-refractivity contribution is -0.129. The molecule has 28 heavy (non-hydrogen) atoms. The molecule has 2 rings (SSSR count). The van der Waals surface area contributed by atoms with Crippen molar-refractivity contribution in [1.29, 1.82) is 5.26 Å². The molecule has 6 heteroatoms. The first-order valence-electron chi connectivity index (χ1n) is 8.93. The van der Waals surface area contributed by atoms with Gasteiger partial charge in [0, 0.05) is 29.9 Å². The highest BCUT2D eigenvalue weighted by Gasteiger charge is 2.21. The van der Waals surface area contributed by atoms with Gasteiger partial charge in [0.05, 0.1) is 12.8 Å². The number of methoxy groups -OCH3 is 1. The predicted octanol–water partition coefficient (Wildman–Crippen LogP) is 4.91. The third-order valence-electron chi connectivity index (χ3n) is 4.28. The van der Waals surface area contributed by atoms with E-state index in [1.54, 1.807) is 17.0 Å². The van der Waals surface area contributed by atoms with Gasteiger partial charge in [-0.25, -0.2) is 0 Å². The zero-order chi connectivity index (χ0) is 20.7. The molecule has 0 unspecified atom stereocenters. The molecule has 0 saturated carbocycles. The molecule has 0 saturated heterocycles. The molecular formula is C22H24ClN3O2. The lowest BCUT2D eigenvalue weighted by atomic mass is 10.1. The number of hydrogen-bond acceptors (Lipinski definition) is 4. The number of nitrogens with one attached hydrogen (secondary N) is 1. The van der Waals surface area contributed by atoms with Crippen LogP contribution in [0.1, 0.15) is 25.0 Å². The Morgan fingerprint density at radius 3 is 2.57 bits per heavy atom. The van der Waals surface area contributed by atoms with Crippen molar-refractivity contribution in [3.63, 3.8) is 0 Å². The van der Waals surface area contributed by atoms with Crippen LogP contribution in [0.25, 0.3) is 0 Å². The Balaban J connectivity index is 2.26. The number of hydrogen-bond donors (Lipinski definition) is 1. The minimum Gasteiger partial charge on any atom is -0.495 e. The van der Waals surface area contributed by atoms with E-state index in [0.29, 0.717) is 23.0 Å². The SMILES string of the molecule is COc1cc(Cl)c(C)cc1N/C=C(/C#N)C(=O)N(Cc1ccccc1)C(C)C. The van der Waals surface area contributed by atoms with Gasteiger partial charge in [-0.2, -0.15) is 5.26 Å². The summed E-state index contributed by atoms with van der Waals surface area (Å²) in [4.78, 5) is 14.6. The zero-order valence-corrected chi connectivity index (χ0v) is 17.2. The first-order chi connectivity index (χ1) is 13.4. The second-order valence-corrected chi connectivity index (χ2v) is 7.04. The van der Waals surface area contributed by atoms with Gasteiger partial charge in [-0.15, -0.1) is 0 Å². The summed E-state index contributed by atoms with van der Waals surface area (Å²) < 4.78 is 5.32. The summed E-state index contributed by atoms with van der Waals surface area (Å²) in [7, 11) is 1.53. The van der Waals surface area contributed by atoms with Crippen LogP contribution in [0.2, 0.25) is 5.02 Å². The van der Waals surface area contributed by atoms with Gasteiger partial charge in [0.25, 0.3) is 5.91 Å². The van der Waals surface area contributed by atoms with Gasteiger partial charge in [-0.3, -0.25) is 4.79 Å². The number of benzene rings is 2. The number of anilines is 1. The maximum atomic E-state index is 13.0. The standard InChI is InChI=1S/C22H24ClN3O2/c1-15(2)26(14-17-8-6-5-7-9-17)22(27)18(12-24)13-25-20-10-16(3)19(23)11-21(20)28-4/h5-11,13,15,25H,14H2,1-4H3/b18-13-. The van der Waals surface area contributed by atoms with Crippen molar-refractivity contribution in [1.82, 2.24) is 4.90 Å². The molecule has 0 bridgehead atoms. The number of aryl methyl sites for hydroxylation is 1. The third-order valence-corrected chi connectivity index (χ3v) is 4.69. The Bertz CT molecular complexity index is 902. The fourth-order valence-electron chi connectivity index (χ4n) is 2.66. The van der Waals surface area contributed by atoms with E-state index >= 15 is 0 Å². The van der Waals surface area contributed by atoms with Crippen molar-refractivity contribution < 1.29 is 9.53 Å². The minimum absolute atomic E-state index is 0.0132. The zero-order valence-electron chi connectivity index (χ0n) is 16.5. The maximum Gasteiger partial charge on any atom is 0.266 e. The van der Waals surface area contributed by atoms with Gasteiger partial charge < -0.3 is 15.0 Å². The van der Waals surface area contributed by atoms with Crippen LogP contribution in [0.15, 0.2) is 54.2 Å². The van der Waals surface area contributed by atoms with Crippen molar-refractivity contribution in [2.24, 2.45) is 0 Å². The number of amides is 1. The molecule has 0 aromatic heterocycles. The summed E-state index contributed by atoms with van der Waals surface area (Å²) in [5.74, 6) is 0.195. The van der Waals surface area contributed by atoms with Crippen LogP contribution in [0.5, 0.6) is 5.75 Å². The van der Waals surface area contributed by atoms with E-state index < -0.39 is 0 Å². The van der Waals surface area contributed by atoms with Gasteiger partial charge in [-0.05, 0) is 38.0 Å². The molecule has 0 aliphatic rings. The first kappa shape index (κ1) is 21.3. The van der Waals surface area contributed by atoms with Crippen molar-refractivity contribution in [2.45, 2.75) is 33.4 Å². The summed E-state index contributed by atoms with van der Waals surface area (Å²) in [5, 5.41) is 13.1. The number of ether oxygens (including phenoxy) is 1. The average molecular weight is 398 g/mol. The predicted molar refractivity (Wildman–Crippen MR) is 112 cm³/mol. The lowest BCUT2D eigenvalue weighted by Crippen LogP contribution is -2.37. The van der Waals surface area contributed by atoms with Crippen LogP contribution >= 0.6 is 11.6 Å². The van der Waals surface area contributed by atoms with Crippen molar-refractivity contribution in [3.05, 3.63) is 70.4 Å². The highest BCUT2D eigenvalue weighted by molar-refractivity contribution is 6.31. The molecule has 0 fully saturated rings. The molecule has 2 aromatic rings. The Kier molecular flexibility index (Phi) is 7.48. The van der Waals surface area contributed by atoms with Crippen molar-refractivity contribution in [2.75, 3.05) is 12.4 Å². The highest BCUT2D eigenvalue weighted by Crippen LogP contribution is 2.31. The maximum absolute atomic E-state index is 13.0. The molecular weight excluding hydrogens is 374 g/mol. The highest BCUT2D eigenvalue weighted by atomic mass is 35.5. The van der Waals surface area contributed by atoms with E-state index in [0.717, 1.165) is 11.1 Å². The van der Waals surface area contributed by atoms with Crippen LogP contribution in [0.3, 0.4) is 0 Å². The fraction of sp³-hybridized carbons (Fsp3) is 0.273. The number of halogens is 1. The molecule has 0 aliphatic heterocycles. The first-order valence-corrected chi connectivity index (χ1v) is 9.31. The molecule has 1 amide bonds. The summed E-state index contributed by atoms with van der Waals surface area (Å²) >= 11 is 6.12. The molecule has 0 atom stereocenters. The van der Waals surface area contributed by atoms with Crippen LogP contribution < -0.4 is 10.1 Å². The molecule has 5 nitrogen and oxygen atoms in total.